The second kappa shape index (κ2) is 5.54. The summed E-state index contributed by atoms with van der Waals surface area (Å²) in [7, 11) is 0. The minimum Gasteiger partial charge on any atom is -0.366 e. The van der Waals surface area contributed by atoms with Crippen molar-refractivity contribution >= 4 is 17.0 Å². The molecule has 0 saturated carbocycles. The van der Waals surface area contributed by atoms with Crippen LogP contribution in [0.3, 0.4) is 0 Å². The van der Waals surface area contributed by atoms with Gasteiger partial charge in [-0.2, -0.15) is 0 Å². The van der Waals surface area contributed by atoms with Crippen molar-refractivity contribution in [2.45, 2.75) is 19.9 Å². The zero-order valence-electron chi connectivity index (χ0n) is 12.5. The van der Waals surface area contributed by atoms with E-state index in [-0.39, 0.29) is 0 Å². The predicted molar refractivity (Wildman–Crippen MR) is 91.3 cm³/mol. The predicted octanol–water partition coefficient (Wildman–Crippen LogP) is 4.08. The standard InChI is InChI=1S/C18H17N3S/c1-13-4-2-5-14-7-9-21(17(13)14)12-16-11-20-18(22-16)15-6-3-8-19-10-15/h2-6,8,10-11H,7,9,12H2,1H3. The number of pyridine rings is 1. The maximum Gasteiger partial charge on any atom is 0.125 e. The summed E-state index contributed by atoms with van der Waals surface area (Å²) in [5.74, 6) is 0. The number of nitrogens with zero attached hydrogens (tertiary/aromatic N) is 3. The van der Waals surface area contributed by atoms with E-state index in [2.05, 4.69) is 46.1 Å². The Hall–Kier alpha value is -2.20. The SMILES string of the molecule is Cc1cccc2c1N(Cc1cnc(-c3cccnc3)s1)CC2. The highest BCUT2D eigenvalue weighted by Crippen LogP contribution is 2.34. The molecule has 1 aliphatic heterocycles. The molecule has 0 radical (unpaired) electrons. The molecule has 1 aliphatic rings. The Morgan fingerprint density at radius 1 is 1.18 bits per heavy atom. The van der Waals surface area contributed by atoms with Gasteiger partial charge in [-0.05, 0) is 36.6 Å². The zero-order chi connectivity index (χ0) is 14.9. The molecule has 0 aliphatic carbocycles. The molecule has 0 spiro atoms. The summed E-state index contributed by atoms with van der Waals surface area (Å²) in [4.78, 5) is 12.5. The maximum absolute atomic E-state index is 4.56. The van der Waals surface area contributed by atoms with E-state index in [1.165, 1.54) is 21.7 Å². The van der Waals surface area contributed by atoms with E-state index in [4.69, 9.17) is 0 Å². The van der Waals surface area contributed by atoms with E-state index in [9.17, 15) is 0 Å². The van der Waals surface area contributed by atoms with E-state index >= 15 is 0 Å². The largest absolute Gasteiger partial charge is 0.366 e. The third-order valence-electron chi connectivity index (χ3n) is 4.10. The Balaban J connectivity index is 1.58. The van der Waals surface area contributed by atoms with E-state index in [1.54, 1.807) is 17.5 Å². The molecule has 3 heterocycles. The number of fused-ring (bicyclic) bond motifs is 1. The van der Waals surface area contributed by atoms with Crippen LogP contribution >= 0.6 is 11.3 Å². The van der Waals surface area contributed by atoms with Crippen LogP contribution in [0.2, 0.25) is 0 Å². The summed E-state index contributed by atoms with van der Waals surface area (Å²) in [6, 6.07) is 10.6. The molecule has 4 heteroatoms. The van der Waals surface area contributed by atoms with Crippen LogP contribution in [0.5, 0.6) is 0 Å². The Bertz CT molecular complexity index is 795. The molecule has 4 rings (SSSR count). The Morgan fingerprint density at radius 2 is 2.14 bits per heavy atom. The fraction of sp³-hybridized carbons (Fsp3) is 0.222. The van der Waals surface area contributed by atoms with Gasteiger partial charge in [0.05, 0.1) is 6.54 Å². The highest BCUT2D eigenvalue weighted by atomic mass is 32.1. The van der Waals surface area contributed by atoms with Crippen LogP contribution in [0.4, 0.5) is 5.69 Å². The van der Waals surface area contributed by atoms with Crippen molar-refractivity contribution in [3.8, 4) is 10.6 Å². The van der Waals surface area contributed by atoms with Crippen molar-refractivity contribution in [1.29, 1.82) is 0 Å². The van der Waals surface area contributed by atoms with Gasteiger partial charge >= 0.3 is 0 Å². The summed E-state index contributed by atoms with van der Waals surface area (Å²) in [6.45, 7) is 4.24. The van der Waals surface area contributed by atoms with E-state index in [0.717, 1.165) is 30.1 Å². The number of para-hydroxylation sites is 1. The topological polar surface area (TPSA) is 29.0 Å². The molecule has 0 saturated heterocycles. The Morgan fingerprint density at radius 3 is 3.00 bits per heavy atom. The van der Waals surface area contributed by atoms with Gasteiger partial charge in [0.1, 0.15) is 5.01 Å². The summed E-state index contributed by atoms with van der Waals surface area (Å²) < 4.78 is 0. The van der Waals surface area contributed by atoms with Crippen molar-refractivity contribution in [3.63, 3.8) is 0 Å². The van der Waals surface area contributed by atoms with Crippen molar-refractivity contribution < 1.29 is 0 Å². The quantitative estimate of drug-likeness (QED) is 0.730. The van der Waals surface area contributed by atoms with E-state index in [0.29, 0.717) is 0 Å². The molecule has 0 unspecified atom stereocenters. The average molecular weight is 307 g/mol. The minimum absolute atomic E-state index is 0.940. The van der Waals surface area contributed by atoms with Gasteiger partial charge in [0.15, 0.2) is 0 Å². The van der Waals surface area contributed by atoms with Gasteiger partial charge in [-0.3, -0.25) is 4.98 Å². The lowest BCUT2D eigenvalue weighted by Crippen LogP contribution is -2.19. The third kappa shape index (κ3) is 2.40. The normalized spacial score (nSPS) is 13.4. The number of rotatable bonds is 3. The molecule has 0 atom stereocenters. The second-order valence-electron chi connectivity index (χ2n) is 5.63. The number of thiazole rings is 1. The lowest BCUT2D eigenvalue weighted by atomic mass is 10.1. The Labute approximate surface area is 134 Å². The van der Waals surface area contributed by atoms with Crippen LogP contribution < -0.4 is 4.90 Å². The van der Waals surface area contributed by atoms with Crippen LogP contribution in [0.25, 0.3) is 10.6 Å². The van der Waals surface area contributed by atoms with Gasteiger partial charge in [0.2, 0.25) is 0 Å². The number of aryl methyl sites for hydroxylation is 1. The lowest BCUT2D eigenvalue weighted by molar-refractivity contribution is 0.842. The zero-order valence-corrected chi connectivity index (χ0v) is 13.3. The lowest BCUT2D eigenvalue weighted by Gasteiger charge is -2.20. The van der Waals surface area contributed by atoms with Gasteiger partial charge in [0.25, 0.3) is 0 Å². The molecular weight excluding hydrogens is 290 g/mol. The molecule has 2 aromatic heterocycles. The Kier molecular flexibility index (Phi) is 3.39. The van der Waals surface area contributed by atoms with Crippen LogP contribution in [-0.4, -0.2) is 16.5 Å². The van der Waals surface area contributed by atoms with Crippen molar-refractivity contribution in [1.82, 2.24) is 9.97 Å². The van der Waals surface area contributed by atoms with Crippen molar-refractivity contribution in [2.75, 3.05) is 11.4 Å². The van der Waals surface area contributed by atoms with Gasteiger partial charge < -0.3 is 4.90 Å². The number of benzene rings is 1. The van der Waals surface area contributed by atoms with Crippen LogP contribution in [0, 0.1) is 6.92 Å². The monoisotopic (exact) mass is 307 g/mol. The third-order valence-corrected chi connectivity index (χ3v) is 5.13. The first kappa shape index (κ1) is 13.5. The first-order valence-electron chi connectivity index (χ1n) is 7.50. The molecule has 0 fully saturated rings. The van der Waals surface area contributed by atoms with Gasteiger partial charge in [-0.25, -0.2) is 4.98 Å². The summed E-state index contributed by atoms with van der Waals surface area (Å²) >= 11 is 1.76. The van der Waals surface area contributed by atoms with Crippen LogP contribution in [0.15, 0.2) is 48.9 Å². The number of anilines is 1. The molecule has 0 bridgehead atoms. The maximum atomic E-state index is 4.56. The molecule has 110 valence electrons. The highest BCUT2D eigenvalue weighted by Gasteiger charge is 2.21. The molecule has 0 amide bonds. The summed E-state index contributed by atoms with van der Waals surface area (Å²) in [6.07, 6.45) is 6.81. The smallest absolute Gasteiger partial charge is 0.125 e. The summed E-state index contributed by atoms with van der Waals surface area (Å²) in [5, 5.41) is 1.05. The summed E-state index contributed by atoms with van der Waals surface area (Å²) in [5.41, 5.74) is 5.35. The first-order chi connectivity index (χ1) is 10.8. The first-order valence-corrected chi connectivity index (χ1v) is 8.31. The minimum atomic E-state index is 0.940. The molecule has 1 aromatic carbocycles. The molecule has 22 heavy (non-hydrogen) atoms. The molecular formula is C18H17N3S. The second-order valence-corrected chi connectivity index (χ2v) is 6.74. The van der Waals surface area contributed by atoms with Crippen molar-refractivity contribution in [2.24, 2.45) is 0 Å². The molecule has 3 nitrogen and oxygen atoms in total. The van der Waals surface area contributed by atoms with E-state index < -0.39 is 0 Å². The molecule has 0 N–H and O–H groups in total. The van der Waals surface area contributed by atoms with E-state index in [1.807, 2.05) is 18.5 Å². The fourth-order valence-electron chi connectivity index (χ4n) is 3.09. The van der Waals surface area contributed by atoms with Gasteiger partial charge in [0, 0.05) is 41.3 Å². The highest BCUT2D eigenvalue weighted by molar-refractivity contribution is 7.15. The molecule has 3 aromatic rings. The van der Waals surface area contributed by atoms with Crippen LogP contribution in [-0.2, 0) is 13.0 Å². The van der Waals surface area contributed by atoms with Gasteiger partial charge in [-0.1, -0.05) is 18.2 Å². The van der Waals surface area contributed by atoms with Gasteiger partial charge in [-0.15, -0.1) is 11.3 Å². The fourth-order valence-corrected chi connectivity index (χ4v) is 4.01. The number of hydrogen-bond donors (Lipinski definition) is 0. The number of hydrogen-bond acceptors (Lipinski definition) is 4. The van der Waals surface area contributed by atoms with Crippen molar-refractivity contribution in [3.05, 3.63) is 64.9 Å². The average Bonchev–Trinajstić information content (AvgIpc) is 3.17. The van der Waals surface area contributed by atoms with Crippen LogP contribution in [0.1, 0.15) is 16.0 Å². The number of aromatic nitrogens is 2.